The summed E-state index contributed by atoms with van der Waals surface area (Å²) >= 11 is 6.13. The highest BCUT2D eigenvalue weighted by Gasteiger charge is 2.18. The maximum absolute atomic E-state index is 12.5. The predicted octanol–water partition coefficient (Wildman–Crippen LogP) is 5.07. The molecule has 1 fully saturated rings. The Balaban J connectivity index is 0.00000100. The average Bonchev–Trinajstić information content (AvgIpc) is 3.12. The van der Waals surface area contributed by atoms with Gasteiger partial charge in [-0.3, -0.25) is 4.79 Å². The van der Waals surface area contributed by atoms with Crippen LogP contribution in [0.2, 0.25) is 5.02 Å². The summed E-state index contributed by atoms with van der Waals surface area (Å²) in [6.07, 6.45) is 1.01. The molecule has 3 rings (SSSR count). The van der Waals surface area contributed by atoms with E-state index in [0.29, 0.717) is 22.8 Å². The molecule has 0 spiro atoms. The molecule has 2 aromatic rings. The lowest BCUT2D eigenvalue weighted by atomic mass is 10.0. The number of carbonyl (C=O) groups excluding carboxylic acids is 1. The molecule has 24 heavy (non-hydrogen) atoms. The van der Waals surface area contributed by atoms with E-state index < -0.39 is 0 Å². The average molecular weight is 347 g/mol. The zero-order valence-electron chi connectivity index (χ0n) is 14.3. The highest BCUT2D eigenvalue weighted by molar-refractivity contribution is 6.35. The van der Waals surface area contributed by atoms with Crippen LogP contribution in [-0.4, -0.2) is 25.1 Å². The van der Waals surface area contributed by atoms with Crippen molar-refractivity contribution in [3.05, 3.63) is 64.2 Å². The first-order valence-corrected chi connectivity index (χ1v) is 8.66. The van der Waals surface area contributed by atoms with E-state index in [4.69, 9.17) is 21.1 Å². The topological polar surface area (TPSA) is 35.5 Å². The summed E-state index contributed by atoms with van der Waals surface area (Å²) in [5.41, 5.74) is 2.14. The predicted molar refractivity (Wildman–Crippen MR) is 97.3 cm³/mol. The third-order valence-electron chi connectivity index (χ3n) is 3.67. The number of halogens is 1. The van der Waals surface area contributed by atoms with E-state index in [9.17, 15) is 4.79 Å². The van der Waals surface area contributed by atoms with Crippen molar-refractivity contribution in [1.29, 1.82) is 0 Å². The summed E-state index contributed by atoms with van der Waals surface area (Å²) in [5, 5.41) is 0.471. The fourth-order valence-corrected chi connectivity index (χ4v) is 2.66. The third-order valence-corrected chi connectivity index (χ3v) is 4.00. The molecular weight excluding hydrogens is 324 g/mol. The second-order valence-corrected chi connectivity index (χ2v) is 5.85. The summed E-state index contributed by atoms with van der Waals surface area (Å²) in [5.74, 6) is 0.673. The normalized spacial score (nSPS) is 16.2. The lowest BCUT2D eigenvalue weighted by Crippen LogP contribution is -2.15. The molecule has 0 amide bonds. The summed E-state index contributed by atoms with van der Waals surface area (Å²) in [6, 6.07) is 12.6. The first kappa shape index (κ1) is 18.5. The molecule has 0 bridgehead atoms. The van der Waals surface area contributed by atoms with Crippen molar-refractivity contribution in [2.24, 2.45) is 0 Å². The van der Waals surface area contributed by atoms with Crippen molar-refractivity contribution in [3.63, 3.8) is 0 Å². The number of carbonyl (C=O) groups is 1. The Bertz CT molecular complexity index is 674. The van der Waals surface area contributed by atoms with Gasteiger partial charge in [0.25, 0.3) is 0 Å². The second-order valence-electron chi connectivity index (χ2n) is 5.44. The molecule has 0 saturated carbocycles. The van der Waals surface area contributed by atoms with Crippen LogP contribution in [0.5, 0.6) is 5.75 Å². The number of hydrogen-bond donors (Lipinski definition) is 0. The second kappa shape index (κ2) is 8.86. The van der Waals surface area contributed by atoms with Crippen LogP contribution in [0.4, 0.5) is 0 Å². The molecule has 4 heteroatoms. The monoisotopic (exact) mass is 346 g/mol. The summed E-state index contributed by atoms with van der Waals surface area (Å²) in [6.45, 7) is 7.31. The molecule has 2 aromatic carbocycles. The summed E-state index contributed by atoms with van der Waals surface area (Å²) in [4.78, 5) is 12.5. The van der Waals surface area contributed by atoms with Gasteiger partial charge >= 0.3 is 0 Å². The van der Waals surface area contributed by atoms with Gasteiger partial charge in [0.2, 0.25) is 0 Å². The van der Waals surface area contributed by atoms with E-state index in [2.05, 4.69) is 0 Å². The van der Waals surface area contributed by atoms with Crippen molar-refractivity contribution >= 4 is 17.4 Å². The van der Waals surface area contributed by atoms with E-state index in [1.807, 2.05) is 45.0 Å². The first-order valence-electron chi connectivity index (χ1n) is 8.29. The highest BCUT2D eigenvalue weighted by atomic mass is 35.5. The minimum atomic E-state index is -0.0792. The van der Waals surface area contributed by atoms with E-state index in [1.54, 1.807) is 18.2 Å². The Kier molecular flexibility index (Phi) is 6.83. The van der Waals surface area contributed by atoms with Gasteiger partial charge in [-0.2, -0.15) is 0 Å². The van der Waals surface area contributed by atoms with E-state index in [0.717, 1.165) is 24.3 Å². The minimum absolute atomic E-state index is 0.0792. The van der Waals surface area contributed by atoms with Gasteiger partial charge in [-0.05, 0) is 43.3 Å². The number of aryl methyl sites for hydroxylation is 1. The summed E-state index contributed by atoms with van der Waals surface area (Å²) < 4.78 is 11.1. The van der Waals surface area contributed by atoms with Crippen LogP contribution < -0.4 is 4.74 Å². The van der Waals surface area contributed by atoms with Crippen LogP contribution in [0.25, 0.3) is 0 Å². The van der Waals surface area contributed by atoms with Crippen molar-refractivity contribution < 1.29 is 14.3 Å². The van der Waals surface area contributed by atoms with Crippen LogP contribution in [0.1, 0.15) is 41.8 Å². The quantitative estimate of drug-likeness (QED) is 0.725. The molecule has 0 aliphatic carbocycles. The SMILES string of the molecule is CC.Cc1ccc(Cl)c(C(=O)c2ccc(O[C@H]3CCOC3)cc2)c1. The Hall–Kier alpha value is -1.84. The number of hydrogen-bond acceptors (Lipinski definition) is 3. The number of benzene rings is 2. The van der Waals surface area contributed by atoms with Crippen molar-refractivity contribution in [1.82, 2.24) is 0 Å². The Morgan fingerprint density at radius 3 is 2.50 bits per heavy atom. The van der Waals surface area contributed by atoms with E-state index in [1.165, 1.54) is 0 Å². The molecule has 0 radical (unpaired) electrons. The number of ether oxygens (including phenoxy) is 2. The van der Waals surface area contributed by atoms with Gasteiger partial charge in [-0.1, -0.05) is 37.1 Å². The molecule has 1 atom stereocenters. The maximum Gasteiger partial charge on any atom is 0.194 e. The highest BCUT2D eigenvalue weighted by Crippen LogP contribution is 2.23. The standard InChI is InChI=1S/C18H17ClO3.C2H6/c1-12-2-7-17(19)16(10-12)18(20)13-3-5-14(6-4-13)22-15-8-9-21-11-15;1-2/h2-7,10,15H,8-9,11H2,1H3;1-2H3/t15-;/m0./s1. The molecule has 0 N–H and O–H groups in total. The lowest BCUT2D eigenvalue weighted by molar-refractivity contribution is 0.103. The van der Waals surface area contributed by atoms with Gasteiger partial charge in [-0.15, -0.1) is 0 Å². The van der Waals surface area contributed by atoms with Gasteiger partial charge in [0, 0.05) is 17.5 Å². The molecule has 1 saturated heterocycles. The van der Waals surface area contributed by atoms with Crippen LogP contribution in [0.3, 0.4) is 0 Å². The van der Waals surface area contributed by atoms with Gasteiger partial charge in [-0.25, -0.2) is 0 Å². The molecule has 0 unspecified atom stereocenters. The third kappa shape index (κ3) is 4.59. The number of ketones is 1. The van der Waals surface area contributed by atoms with Crippen molar-refractivity contribution in [2.75, 3.05) is 13.2 Å². The maximum atomic E-state index is 12.5. The van der Waals surface area contributed by atoms with Crippen LogP contribution >= 0.6 is 11.6 Å². The Morgan fingerprint density at radius 1 is 1.17 bits per heavy atom. The zero-order valence-corrected chi connectivity index (χ0v) is 15.1. The van der Waals surface area contributed by atoms with Gasteiger partial charge in [0.1, 0.15) is 11.9 Å². The zero-order chi connectivity index (χ0) is 17.5. The van der Waals surface area contributed by atoms with E-state index >= 15 is 0 Å². The Morgan fingerprint density at radius 2 is 1.88 bits per heavy atom. The van der Waals surface area contributed by atoms with Gasteiger partial charge < -0.3 is 9.47 Å². The van der Waals surface area contributed by atoms with Crippen molar-refractivity contribution in [3.8, 4) is 5.75 Å². The molecule has 1 aliphatic heterocycles. The molecule has 1 heterocycles. The molecule has 0 aromatic heterocycles. The molecular formula is C20H23ClO3. The summed E-state index contributed by atoms with van der Waals surface area (Å²) in [7, 11) is 0. The Labute approximate surface area is 148 Å². The molecule has 1 aliphatic rings. The lowest BCUT2D eigenvalue weighted by Gasteiger charge is -2.12. The van der Waals surface area contributed by atoms with E-state index in [-0.39, 0.29) is 11.9 Å². The fourth-order valence-electron chi connectivity index (χ4n) is 2.45. The number of rotatable bonds is 4. The smallest absolute Gasteiger partial charge is 0.194 e. The van der Waals surface area contributed by atoms with Crippen LogP contribution in [0, 0.1) is 6.92 Å². The molecule has 128 valence electrons. The largest absolute Gasteiger partial charge is 0.488 e. The van der Waals surface area contributed by atoms with Crippen LogP contribution in [0.15, 0.2) is 42.5 Å². The van der Waals surface area contributed by atoms with Gasteiger partial charge in [0.15, 0.2) is 5.78 Å². The minimum Gasteiger partial charge on any atom is -0.488 e. The van der Waals surface area contributed by atoms with Crippen molar-refractivity contribution in [2.45, 2.75) is 33.3 Å². The first-order chi connectivity index (χ1) is 11.6. The van der Waals surface area contributed by atoms with Gasteiger partial charge in [0.05, 0.1) is 18.2 Å². The van der Waals surface area contributed by atoms with Crippen LogP contribution in [-0.2, 0) is 4.74 Å². The molecule has 3 nitrogen and oxygen atoms in total. The fraction of sp³-hybridized carbons (Fsp3) is 0.350.